The Labute approximate surface area is 195 Å². The quantitative estimate of drug-likeness (QED) is 0.377. The highest BCUT2D eigenvalue weighted by Gasteiger charge is 2.25. The summed E-state index contributed by atoms with van der Waals surface area (Å²) >= 11 is 0. The molecule has 0 unspecified atom stereocenters. The smallest absolute Gasteiger partial charge is 0.314 e. The maximum Gasteiger partial charge on any atom is 0.314 e. The third-order valence-electron chi connectivity index (χ3n) is 6.33. The van der Waals surface area contributed by atoms with Crippen LogP contribution >= 0.6 is 0 Å². The van der Waals surface area contributed by atoms with Crippen LogP contribution in [0.1, 0.15) is 52.4 Å². The van der Waals surface area contributed by atoms with E-state index in [1.165, 1.54) is 11.1 Å². The number of likely N-dealkylation sites (tertiary alicyclic amines) is 1. The van der Waals surface area contributed by atoms with Gasteiger partial charge in [-0.15, -0.1) is 0 Å². The predicted molar refractivity (Wildman–Crippen MR) is 131 cm³/mol. The molecule has 0 spiro atoms. The third-order valence-corrected chi connectivity index (χ3v) is 6.33. The first-order valence-corrected chi connectivity index (χ1v) is 11.4. The minimum absolute atomic E-state index is 0.105. The number of hydrazine groups is 1. The molecule has 1 aromatic heterocycles. The number of primary amides is 1. The molecule has 1 aromatic carbocycles. The van der Waals surface area contributed by atoms with Gasteiger partial charge in [-0.3, -0.25) is 9.80 Å². The number of nitrogens with two attached hydrogens (primary N) is 2. The number of aryl methyl sites for hydroxylation is 2. The second-order valence-electron chi connectivity index (χ2n) is 8.63. The number of urea groups is 1. The van der Waals surface area contributed by atoms with Gasteiger partial charge < -0.3 is 21.3 Å². The molecule has 3 amide bonds. The first-order valence-electron chi connectivity index (χ1n) is 11.4. The fourth-order valence-corrected chi connectivity index (χ4v) is 4.04. The van der Waals surface area contributed by atoms with Crippen molar-refractivity contribution in [1.82, 2.24) is 15.2 Å². The average molecular weight is 454 g/mol. The second-order valence-corrected chi connectivity index (χ2v) is 8.63. The zero-order valence-corrected chi connectivity index (χ0v) is 19.9. The molecule has 0 bridgehead atoms. The Morgan fingerprint density at radius 3 is 2.48 bits per heavy atom. The van der Waals surface area contributed by atoms with Crippen molar-refractivity contribution < 1.29 is 9.59 Å². The molecule has 0 saturated carbocycles. The average Bonchev–Trinajstić information content (AvgIpc) is 2.80. The molecule has 0 aliphatic carbocycles. The number of pyridine rings is 1. The molecule has 2 aromatic rings. The molecule has 2 heterocycles. The van der Waals surface area contributed by atoms with Gasteiger partial charge in [-0.1, -0.05) is 18.2 Å². The van der Waals surface area contributed by atoms with Crippen LogP contribution in [0.4, 0.5) is 16.3 Å². The van der Waals surface area contributed by atoms with Gasteiger partial charge in [0.25, 0.3) is 5.91 Å². The second kappa shape index (κ2) is 10.5. The van der Waals surface area contributed by atoms with Gasteiger partial charge in [0.1, 0.15) is 5.82 Å². The third kappa shape index (κ3) is 5.73. The number of aromatic nitrogens is 1. The van der Waals surface area contributed by atoms with Crippen LogP contribution in [0.3, 0.4) is 0 Å². The zero-order valence-electron chi connectivity index (χ0n) is 19.9. The topological polar surface area (TPSA) is 130 Å². The number of nitrogens with one attached hydrogen (secondary N) is 2. The lowest BCUT2D eigenvalue weighted by Crippen LogP contribution is -2.45. The predicted octanol–water partition coefficient (Wildman–Crippen LogP) is 2.59. The molecule has 9 heteroatoms. The van der Waals surface area contributed by atoms with E-state index >= 15 is 0 Å². The summed E-state index contributed by atoms with van der Waals surface area (Å²) in [6.07, 6.45) is 3.06. The molecule has 1 aliphatic heterocycles. The van der Waals surface area contributed by atoms with Crippen LogP contribution in [0.25, 0.3) is 0 Å². The van der Waals surface area contributed by atoms with Crippen LogP contribution < -0.4 is 27.2 Å². The number of nitrogens with zero attached hydrogens (tertiary/aromatic N) is 3. The Hall–Kier alpha value is -3.33. The summed E-state index contributed by atoms with van der Waals surface area (Å²) in [5, 5.41) is 8.11. The molecule has 33 heavy (non-hydrogen) atoms. The van der Waals surface area contributed by atoms with Crippen LogP contribution in [-0.2, 0) is 6.54 Å². The number of carbonyl (C=O) groups excluding carboxylic acids is 2. The van der Waals surface area contributed by atoms with E-state index < -0.39 is 6.03 Å². The Morgan fingerprint density at radius 1 is 1.18 bits per heavy atom. The zero-order chi connectivity index (χ0) is 24.1. The maximum absolute atomic E-state index is 13.2. The number of carbonyl (C=O) groups is 2. The van der Waals surface area contributed by atoms with Crippen LogP contribution in [0.5, 0.6) is 0 Å². The van der Waals surface area contributed by atoms with Gasteiger partial charge in [0.2, 0.25) is 0 Å². The van der Waals surface area contributed by atoms with Crippen LogP contribution in [0, 0.1) is 20.8 Å². The van der Waals surface area contributed by atoms with Crippen molar-refractivity contribution in [2.24, 2.45) is 11.6 Å². The Morgan fingerprint density at radius 2 is 1.88 bits per heavy atom. The molecule has 9 nitrogen and oxygen atoms in total. The number of piperidine rings is 1. The summed E-state index contributed by atoms with van der Waals surface area (Å²) < 4.78 is 0. The van der Waals surface area contributed by atoms with Crippen molar-refractivity contribution in [3.05, 3.63) is 52.2 Å². The number of hydrogen-bond donors (Lipinski definition) is 4. The standard InChI is InChI=1S/C24H35N7O2/c1-5-31(26)22-17(4)21(29-19-8-10-30(11-9-19)24(25)33)20(14-27-22)23(32)28-13-18-7-6-15(2)16(3)12-18/h6-7,12,14,19H,5,8-11,13,26H2,1-4H3,(H2,25,33)(H,27,29)(H,28,32). The van der Waals surface area contributed by atoms with Gasteiger partial charge in [0.05, 0.1) is 11.3 Å². The Balaban J connectivity index is 1.82. The van der Waals surface area contributed by atoms with Crippen molar-refractivity contribution in [3.8, 4) is 0 Å². The number of rotatable bonds is 7. The Kier molecular flexibility index (Phi) is 7.75. The highest BCUT2D eigenvalue weighted by atomic mass is 16.2. The lowest BCUT2D eigenvalue weighted by molar-refractivity contribution is 0.0951. The highest BCUT2D eigenvalue weighted by molar-refractivity contribution is 6.00. The summed E-state index contributed by atoms with van der Waals surface area (Å²) in [6, 6.07) is 5.87. The van der Waals surface area contributed by atoms with E-state index in [1.54, 1.807) is 16.1 Å². The number of hydrogen-bond acceptors (Lipinski definition) is 6. The SMILES string of the molecule is CCN(N)c1ncc(C(=O)NCc2ccc(C)c(C)c2)c(NC2CCN(C(N)=O)CC2)c1C. The largest absolute Gasteiger partial charge is 0.381 e. The van der Waals surface area contributed by atoms with Gasteiger partial charge >= 0.3 is 6.03 Å². The highest BCUT2D eigenvalue weighted by Crippen LogP contribution is 2.29. The molecule has 3 rings (SSSR count). The van der Waals surface area contributed by atoms with Crippen molar-refractivity contribution >= 4 is 23.4 Å². The molecule has 178 valence electrons. The molecule has 0 radical (unpaired) electrons. The monoisotopic (exact) mass is 453 g/mol. The fraction of sp³-hybridized carbons (Fsp3) is 0.458. The summed E-state index contributed by atoms with van der Waals surface area (Å²) in [5.41, 5.74) is 10.9. The van der Waals surface area contributed by atoms with Crippen molar-refractivity contribution in [1.29, 1.82) is 0 Å². The molecular formula is C24H35N7O2. The number of benzene rings is 1. The van der Waals surface area contributed by atoms with Crippen molar-refractivity contribution in [2.45, 2.75) is 53.1 Å². The van der Waals surface area contributed by atoms with Crippen LogP contribution in [-0.4, -0.2) is 47.5 Å². The summed E-state index contributed by atoms with van der Waals surface area (Å²) in [7, 11) is 0. The number of amides is 3. The summed E-state index contributed by atoms with van der Waals surface area (Å²) in [5.74, 6) is 6.54. The van der Waals surface area contributed by atoms with Gasteiger partial charge in [-0.05, 0) is 57.2 Å². The van der Waals surface area contributed by atoms with E-state index in [0.717, 1.165) is 29.7 Å². The molecular weight excluding hydrogens is 418 g/mol. The van der Waals surface area contributed by atoms with E-state index in [2.05, 4.69) is 41.6 Å². The van der Waals surface area contributed by atoms with Crippen LogP contribution in [0.15, 0.2) is 24.4 Å². The van der Waals surface area contributed by atoms with E-state index in [1.807, 2.05) is 19.9 Å². The molecule has 1 aliphatic rings. The first-order chi connectivity index (χ1) is 15.7. The number of anilines is 2. The van der Waals surface area contributed by atoms with E-state index in [4.69, 9.17) is 11.6 Å². The Bertz CT molecular complexity index is 1020. The molecule has 1 saturated heterocycles. The van der Waals surface area contributed by atoms with Crippen molar-refractivity contribution in [3.63, 3.8) is 0 Å². The van der Waals surface area contributed by atoms with Gasteiger partial charge in [0, 0.05) is 44.0 Å². The minimum Gasteiger partial charge on any atom is -0.381 e. The van der Waals surface area contributed by atoms with Crippen LogP contribution in [0.2, 0.25) is 0 Å². The van der Waals surface area contributed by atoms with E-state index in [9.17, 15) is 9.59 Å². The fourth-order valence-electron chi connectivity index (χ4n) is 4.04. The van der Waals surface area contributed by atoms with Gasteiger partial charge in [-0.2, -0.15) is 0 Å². The summed E-state index contributed by atoms with van der Waals surface area (Å²) in [4.78, 5) is 30.7. The van der Waals surface area contributed by atoms with E-state index in [0.29, 0.717) is 37.6 Å². The normalized spacial score (nSPS) is 14.2. The lowest BCUT2D eigenvalue weighted by Gasteiger charge is -2.33. The molecule has 1 fully saturated rings. The molecule has 0 atom stereocenters. The van der Waals surface area contributed by atoms with Gasteiger partial charge in [0.15, 0.2) is 0 Å². The maximum atomic E-state index is 13.2. The lowest BCUT2D eigenvalue weighted by atomic mass is 10.0. The summed E-state index contributed by atoms with van der Waals surface area (Å²) in [6.45, 7) is 10.2. The minimum atomic E-state index is -0.399. The van der Waals surface area contributed by atoms with E-state index in [-0.39, 0.29) is 11.9 Å². The van der Waals surface area contributed by atoms with Gasteiger partial charge in [-0.25, -0.2) is 15.6 Å². The first kappa shape index (κ1) is 24.3. The van der Waals surface area contributed by atoms with Crippen molar-refractivity contribution in [2.75, 3.05) is 30.0 Å². The molecule has 6 N–H and O–H groups in total.